The number of hydrogen-bond acceptors (Lipinski definition) is 4. The highest BCUT2D eigenvalue weighted by molar-refractivity contribution is 5.99. The Balaban J connectivity index is 1.51. The standard InChI is InChI=1S/C24H20FNO4/c1-14(27)19-11-22(21(25)12-23(19)29-2)26-24(28)30-13-20-17-9-5-3-7-15(17)16-8-4-6-10-18(16)20/h3-12,20H,13H2,1-2H3,(H,26,28). The zero-order valence-electron chi connectivity index (χ0n) is 16.6. The van der Waals surface area contributed by atoms with E-state index in [4.69, 9.17) is 9.47 Å². The molecular weight excluding hydrogens is 385 g/mol. The Hall–Kier alpha value is -3.67. The van der Waals surface area contributed by atoms with Crippen molar-refractivity contribution in [3.63, 3.8) is 0 Å². The van der Waals surface area contributed by atoms with E-state index in [-0.39, 0.29) is 35.3 Å². The molecule has 0 atom stereocenters. The summed E-state index contributed by atoms with van der Waals surface area (Å²) in [5, 5.41) is 2.38. The second-order valence-electron chi connectivity index (χ2n) is 7.04. The highest BCUT2D eigenvalue weighted by Crippen LogP contribution is 2.44. The number of fused-ring (bicyclic) bond motifs is 3. The number of hydrogen-bond donors (Lipinski definition) is 1. The molecule has 0 saturated heterocycles. The maximum absolute atomic E-state index is 14.3. The highest BCUT2D eigenvalue weighted by Gasteiger charge is 2.29. The molecule has 0 aromatic heterocycles. The Bertz CT molecular complexity index is 1100. The molecule has 152 valence electrons. The largest absolute Gasteiger partial charge is 0.496 e. The number of halogens is 1. The molecular formula is C24H20FNO4. The molecule has 3 aromatic carbocycles. The SMILES string of the molecule is COc1cc(F)c(NC(=O)OCC2c3ccccc3-c3ccccc32)cc1C(C)=O. The Morgan fingerprint density at radius 3 is 2.17 bits per heavy atom. The predicted octanol–water partition coefficient (Wildman–Crippen LogP) is 5.40. The molecule has 0 fully saturated rings. The molecule has 0 bridgehead atoms. The van der Waals surface area contributed by atoms with Gasteiger partial charge in [0.25, 0.3) is 0 Å². The van der Waals surface area contributed by atoms with Gasteiger partial charge in [-0.15, -0.1) is 0 Å². The maximum atomic E-state index is 14.3. The number of ether oxygens (including phenoxy) is 2. The molecule has 1 amide bonds. The minimum atomic E-state index is -0.796. The van der Waals surface area contributed by atoms with Crippen molar-refractivity contribution in [1.29, 1.82) is 0 Å². The molecule has 0 heterocycles. The van der Waals surface area contributed by atoms with Crippen LogP contribution in [0.1, 0.15) is 34.3 Å². The van der Waals surface area contributed by atoms with E-state index in [0.717, 1.165) is 28.3 Å². The van der Waals surface area contributed by atoms with E-state index in [1.165, 1.54) is 20.1 Å². The van der Waals surface area contributed by atoms with Gasteiger partial charge in [0.2, 0.25) is 0 Å². The number of carbonyl (C=O) groups excluding carboxylic acids is 2. The average molecular weight is 405 g/mol. The first-order valence-corrected chi connectivity index (χ1v) is 9.50. The summed E-state index contributed by atoms with van der Waals surface area (Å²) in [6.07, 6.45) is -0.796. The molecule has 0 unspecified atom stereocenters. The second-order valence-corrected chi connectivity index (χ2v) is 7.04. The summed E-state index contributed by atoms with van der Waals surface area (Å²) in [6, 6.07) is 18.3. The van der Waals surface area contributed by atoms with E-state index in [1.807, 2.05) is 48.5 Å². The van der Waals surface area contributed by atoms with Crippen LogP contribution in [0.3, 0.4) is 0 Å². The summed E-state index contributed by atoms with van der Waals surface area (Å²) in [4.78, 5) is 24.1. The highest BCUT2D eigenvalue weighted by atomic mass is 19.1. The number of benzene rings is 3. The van der Waals surface area contributed by atoms with Crippen molar-refractivity contribution in [1.82, 2.24) is 0 Å². The zero-order chi connectivity index (χ0) is 21.3. The molecule has 6 heteroatoms. The molecule has 5 nitrogen and oxygen atoms in total. The molecule has 0 aliphatic heterocycles. The van der Waals surface area contributed by atoms with Crippen LogP contribution in [-0.2, 0) is 4.74 Å². The van der Waals surface area contributed by atoms with Gasteiger partial charge < -0.3 is 9.47 Å². The third-order valence-electron chi connectivity index (χ3n) is 5.25. The fourth-order valence-electron chi connectivity index (χ4n) is 3.84. The molecule has 0 spiro atoms. The lowest BCUT2D eigenvalue weighted by atomic mass is 9.98. The summed E-state index contributed by atoms with van der Waals surface area (Å²) in [5.41, 5.74) is 4.44. The van der Waals surface area contributed by atoms with Crippen LogP contribution in [0.15, 0.2) is 60.7 Å². The average Bonchev–Trinajstić information content (AvgIpc) is 3.07. The van der Waals surface area contributed by atoms with Gasteiger partial charge in [0, 0.05) is 12.0 Å². The minimum absolute atomic E-state index is 0.100. The smallest absolute Gasteiger partial charge is 0.411 e. The summed E-state index contributed by atoms with van der Waals surface area (Å²) >= 11 is 0. The first-order chi connectivity index (χ1) is 14.5. The normalized spacial score (nSPS) is 12.1. The van der Waals surface area contributed by atoms with E-state index in [1.54, 1.807) is 0 Å². The summed E-state index contributed by atoms with van der Waals surface area (Å²) in [5.74, 6) is -1.01. The number of rotatable bonds is 5. The number of methoxy groups -OCH3 is 1. The van der Waals surface area contributed by atoms with E-state index in [9.17, 15) is 14.0 Å². The van der Waals surface area contributed by atoms with Crippen LogP contribution in [-0.4, -0.2) is 25.6 Å². The molecule has 1 N–H and O–H groups in total. The lowest BCUT2D eigenvalue weighted by Crippen LogP contribution is -2.19. The van der Waals surface area contributed by atoms with Crippen LogP contribution in [0.2, 0.25) is 0 Å². The van der Waals surface area contributed by atoms with E-state index >= 15 is 0 Å². The van der Waals surface area contributed by atoms with Crippen molar-refractivity contribution in [3.8, 4) is 16.9 Å². The number of Topliss-reactive ketones (excluding diaryl/α,β-unsaturated/α-hetero) is 1. The van der Waals surface area contributed by atoms with Crippen LogP contribution in [0.25, 0.3) is 11.1 Å². The van der Waals surface area contributed by atoms with Crippen LogP contribution in [0.4, 0.5) is 14.9 Å². The minimum Gasteiger partial charge on any atom is -0.496 e. The lowest BCUT2D eigenvalue weighted by molar-refractivity contribution is 0.101. The fraction of sp³-hybridized carbons (Fsp3) is 0.167. The van der Waals surface area contributed by atoms with Gasteiger partial charge in [-0.25, -0.2) is 9.18 Å². The first-order valence-electron chi connectivity index (χ1n) is 9.50. The van der Waals surface area contributed by atoms with Gasteiger partial charge in [-0.2, -0.15) is 0 Å². The molecule has 3 aromatic rings. The van der Waals surface area contributed by atoms with Gasteiger partial charge in [-0.05, 0) is 35.2 Å². The van der Waals surface area contributed by atoms with Crippen LogP contribution in [0.5, 0.6) is 5.75 Å². The first kappa shape index (κ1) is 19.6. The van der Waals surface area contributed by atoms with Gasteiger partial charge in [-0.3, -0.25) is 10.1 Å². The molecule has 30 heavy (non-hydrogen) atoms. The second kappa shape index (κ2) is 7.99. The van der Waals surface area contributed by atoms with Gasteiger partial charge in [-0.1, -0.05) is 48.5 Å². The quantitative estimate of drug-likeness (QED) is 0.578. The van der Waals surface area contributed by atoms with Gasteiger partial charge in [0.1, 0.15) is 12.4 Å². The number of nitrogens with one attached hydrogen (secondary N) is 1. The van der Waals surface area contributed by atoms with Crippen LogP contribution >= 0.6 is 0 Å². The number of anilines is 1. The summed E-state index contributed by atoms with van der Waals surface area (Å²) in [7, 11) is 1.35. The maximum Gasteiger partial charge on any atom is 0.411 e. The molecule has 0 saturated carbocycles. The number of amides is 1. The summed E-state index contributed by atoms with van der Waals surface area (Å²) in [6.45, 7) is 1.45. The van der Waals surface area contributed by atoms with E-state index in [0.29, 0.717) is 0 Å². The van der Waals surface area contributed by atoms with Gasteiger partial charge >= 0.3 is 6.09 Å². The van der Waals surface area contributed by atoms with Gasteiger partial charge in [0.15, 0.2) is 11.6 Å². The van der Waals surface area contributed by atoms with Crippen molar-refractivity contribution in [2.75, 3.05) is 19.0 Å². The van der Waals surface area contributed by atoms with E-state index in [2.05, 4.69) is 5.32 Å². The summed E-state index contributed by atoms with van der Waals surface area (Å²) < 4.78 is 24.8. The topological polar surface area (TPSA) is 64.6 Å². The van der Waals surface area contributed by atoms with Crippen molar-refractivity contribution in [3.05, 3.63) is 83.2 Å². The van der Waals surface area contributed by atoms with E-state index < -0.39 is 11.9 Å². The predicted molar refractivity (Wildman–Crippen MR) is 112 cm³/mol. The van der Waals surface area contributed by atoms with Crippen molar-refractivity contribution >= 4 is 17.6 Å². The third-order valence-corrected chi connectivity index (χ3v) is 5.25. The van der Waals surface area contributed by atoms with Crippen molar-refractivity contribution < 1.29 is 23.5 Å². The fourth-order valence-corrected chi connectivity index (χ4v) is 3.84. The number of carbonyl (C=O) groups is 2. The Morgan fingerprint density at radius 1 is 1.00 bits per heavy atom. The molecule has 4 rings (SSSR count). The monoisotopic (exact) mass is 405 g/mol. The van der Waals surface area contributed by atoms with Crippen LogP contribution in [0, 0.1) is 5.82 Å². The lowest BCUT2D eigenvalue weighted by Gasteiger charge is -2.15. The third kappa shape index (κ3) is 3.52. The zero-order valence-corrected chi connectivity index (χ0v) is 16.6. The molecule has 0 radical (unpaired) electrons. The van der Waals surface area contributed by atoms with Crippen molar-refractivity contribution in [2.45, 2.75) is 12.8 Å². The molecule has 1 aliphatic rings. The number of ketones is 1. The van der Waals surface area contributed by atoms with Crippen LogP contribution < -0.4 is 10.1 Å². The van der Waals surface area contributed by atoms with Crippen molar-refractivity contribution in [2.24, 2.45) is 0 Å². The Morgan fingerprint density at radius 2 is 1.60 bits per heavy atom. The Labute approximate surface area is 173 Å². The molecule has 1 aliphatic carbocycles. The Kier molecular flexibility index (Phi) is 5.23. The van der Waals surface area contributed by atoms with Gasteiger partial charge in [0.05, 0.1) is 18.4 Å².